The predicted molar refractivity (Wildman–Crippen MR) is 89.0 cm³/mol. The summed E-state index contributed by atoms with van der Waals surface area (Å²) in [6.07, 6.45) is 0.420. The number of hydrogen-bond donors (Lipinski definition) is 2. The lowest BCUT2D eigenvalue weighted by Gasteiger charge is -2.22. The lowest BCUT2D eigenvalue weighted by Crippen LogP contribution is -2.42. The zero-order valence-electron chi connectivity index (χ0n) is 12.2. The molecule has 0 fully saturated rings. The monoisotopic (exact) mass is 330 g/mol. The Morgan fingerprint density at radius 2 is 1.96 bits per heavy atom. The number of halogens is 1. The standard InChI is InChI=1S/C17H15ClN2O3/c18-13-7-4-8-14(10-13)20-11-17(23,16(21)22)19-15(20)9-12-5-2-1-3-6-12/h1-8,10,23H,9,11H2,(H,21,22). The summed E-state index contributed by atoms with van der Waals surface area (Å²) >= 11 is 6.02. The SMILES string of the molecule is O=C(O)C1(O)CN(c2cccc(Cl)c2)C(Cc2ccccc2)=N1. The topological polar surface area (TPSA) is 73.1 Å². The van der Waals surface area contributed by atoms with Crippen LogP contribution in [0.25, 0.3) is 0 Å². The molecule has 0 bridgehead atoms. The van der Waals surface area contributed by atoms with Crippen LogP contribution in [0.3, 0.4) is 0 Å². The Morgan fingerprint density at radius 3 is 2.61 bits per heavy atom. The van der Waals surface area contributed by atoms with Crippen LogP contribution in [0.1, 0.15) is 5.56 Å². The van der Waals surface area contributed by atoms with E-state index < -0.39 is 11.7 Å². The summed E-state index contributed by atoms with van der Waals surface area (Å²) in [6, 6.07) is 16.6. The molecule has 0 spiro atoms. The Labute approximate surface area is 138 Å². The highest BCUT2D eigenvalue weighted by Crippen LogP contribution is 2.28. The zero-order chi connectivity index (χ0) is 16.4. The van der Waals surface area contributed by atoms with Gasteiger partial charge in [-0.05, 0) is 23.8 Å². The molecule has 118 valence electrons. The summed E-state index contributed by atoms with van der Waals surface area (Å²) in [4.78, 5) is 17.1. The minimum atomic E-state index is -2.15. The number of anilines is 1. The molecule has 2 aromatic rings. The van der Waals surface area contributed by atoms with Gasteiger partial charge in [-0.25, -0.2) is 9.79 Å². The van der Waals surface area contributed by atoms with E-state index in [4.69, 9.17) is 11.6 Å². The van der Waals surface area contributed by atoms with Crippen LogP contribution in [0.5, 0.6) is 0 Å². The summed E-state index contributed by atoms with van der Waals surface area (Å²) in [6.45, 7) is -0.148. The Morgan fingerprint density at radius 1 is 1.22 bits per heavy atom. The molecule has 3 rings (SSSR count). The maximum Gasteiger partial charge on any atom is 0.361 e. The smallest absolute Gasteiger partial charge is 0.361 e. The number of hydrogen-bond acceptors (Lipinski definition) is 4. The normalized spacial score (nSPS) is 20.4. The lowest BCUT2D eigenvalue weighted by molar-refractivity contribution is -0.155. The van der Waals surface area contributed by atoms with Gasteiger partial charge in [0, 0.05) is 17.1 Å². The van der Waals surface area contributed by atoms with E-state index in [1.807, 2.05) is 30.3 Å². The minimum Gasteiger partial charge on any atom is -0.478 e. The maximum atomic E-state index is 11.4. The summed E-state index contributed by atoms with van der Waals surface area (Å²) in [7, 11) is 0. The molecule has 0 saturated heterocycles. The van der Waals surface area contributed by atoms with E-state index in [0.29, 0.717) is 23.0 Å². The Balaban J connectivity index is 1.97. The molecule has 1 unspecified atom stereocenters. The number of aliphatic hydroxyl groups is 1. The molecule has 2 N–H and O–H groups in total. The molecule has 23 heavy (non-hydrogen) atoms. The first kappa shape index (κ1) is 15.5. The quantitative estimate of drug-likeness (QED) is 0.903. The van der Waals surface area contributed by atoms with Gasteiger partial charge in [0.2, 0.25) is 0 Å². The average molecular weight is 331 g/mol. The fraction of sp³-hybridized carbons (Fsp3) is 0.176. The van der Waals surface area contributed by atoms with Crippen LogP contribution in [-0.2, 0) is 11.2 Å². The Bertz CT molecular complexity index is 763. The number of aliphatic carboxylic acids is 1. The second-order valence-electron chi connectivity index (χ2n) is 5.38. The van der Waals surface area contributed by atoms with Gasteiger partial charge in [-0.15, -0.1) is 0 Å². The van der Waals surface area contributed by atoms with Crippen molar-refractivity contribution in [2.45, 2.75) is 12.1 Å². The highest BCUT2D eigenvalue weighted by atomic mass is 35.5. The van der Waals surface area contributed by atoms with Gasteiger partial charge in [-0.2, -0.15) is 0 Å². The van der Waals surface area contributed by atoms with Crippen molar-refractivity contribution >= 4 is 29.1 Å². The Hall–Kier alpha value is -2.37. The molecule has 2 aromatic carbocycles. The maximum absolute atomic E-state index is 11.4. The van der Waals surface area contributed by atoms with Gasteiger partial charge in [0.25, 0.3) is 5.72 Å². The third-order valence-electron chi connectivity index (χ3n) is 3.67. The molecule has 0 amide bonds. The number of carboxylic acid groups (broad SMARTS) is 1. The van der Waals surface area contributed by atoms with Crippen molar-refractivity contribution in [1.82, 2.24) is 0 Å². The van der Waals surface area contributed by atoms with Crippen LogP contribution in [-0.4, -0.2) is 34.3 Å². The summed E-state index contributed by atoms with van der Waals surface area (Å²) in [5.41, 5.74) is -0.468. The molecule has 5 nitrogen and oxygen atoms in total. The fourth-order valence-corrected chi connectivity index (χ4v) is 2.72. The number of amidine groups is 1. The lowest BCUT2D eigenvalue weighted by atomic mass is 10.1. The van der Waals surface area contributed by atoms with Gasteiger partial charge < -0.3 is 15.1 Å². The van der Waals surface area contributed by atoms with Crippen molar-refractivity contribution in [3.8, 4) is 0 Å². The largest absolute Gasteiger partial charge is 0.478 e. The van der Waals surface area contributed by atoms with Crippen molar-refractivity contribution in [3.05, 3.63) is 65.2 Å². The molecular weight excluding hydrogens is 316 g/mol. The van der Waals surface area contributed by atoms with Gasteiger partial charge in [0.15, 0.2) is 0 Å². The van der Waals surface area contributed by atoms with E-state index in [-0.39, 0.29) is 6.54 Å². The van der Waals surface area contributed by atoms with Gasteiger partial charge in [-0.1, -0.05) is 48.0 Å². The van der Waals surface area contributed by atoms with Crippen LogP contribution in [0.4, 0.5) is 5.69 Å². The number of rotatable bonds is 4. The molecule has 1 aliphatic heterocycles. The number of benzene rings is 2. The van der Waals surface area contributed by atoms with Crippen LogP contribution < -0.4 is 4.90 Å². The highest BCUT2D eigenvalue weighted by molar-refractivity contribution is 6.31. The van der Waals surface area contributed by atoms with E-state index in [2.05, 4.69) is 4.99 Å². The number of nitrogens with zero attached hydrogens (tertiary/aromatic N) is 2. The first-order valence-electron chi connectivity index (χ1n) is 7.09. The van der Waals surface area contributed by atoms with Gasteiger partial charge in [-0.3, -0.25) is 0 Å². The minimum absolute atomic E-state index is 0.148. The highest BCUT2D eigenvalue weighted by Gasteiger charge is 2.44. The van der Waals surface area contributed by atoms with E-state index in [1.165, 1.54) is 0 Å². The van der Waals surface area contributed by atoms with Crippen molar-refractivity contribution < 1.29 is 15.0 Å². The molecule has 1 aliphatic rings. The second kappa shape index (κ2) is 6.02. The van der Waals surface area contributed by atoms with E-state index >= 15 is 0 Å². The first-order chi connectivity index (χ1) is 11.0. The Kier molecular flexibility index (Phi) is 4.07. The summed E-state index contributed by atoms with van der Waals surface area (Å²) < 4.78 is 0. The average Bonchev–Trinajstić information content (AvgIpc) is 2.87. The van der Waals surface area contributed by atoms with Gasteiger partial charge in [0.1, 0.15) is 5.84 Å². The van der Waals surface area contributed by atoms with Crippen molar-refractivity contribution in [2.75, 3.05) is 11.4 Å². The molecular formula is C17H15ClN2O3. The van der Waals surface area contributed by atoms with Gasteiger partial charge >= 0.3 is 5.97 Å². The second-order valence-corrected chi connectivity index (χ2v) is 5.81. The van der Waals surface area contributed by atoms with E-state index in [9.17, 15) is 15.0 Å². The van der Waals surface area contributed by atoms with Crippen LogP contribution in [0.15, 0.2) is 59.6 Å². The number of carboxylic acids is 1. The molecule has 0 aromatic heterocycles. The molecule has 1 heterocycles. The van der Waals surface area contributed by atoms with Crippen molar-refractivity contribution in [2.24, 2.45) is 4.99 Å². The summed E-state index contributed by atoms with van der Waals surface area (Å²) in [5.74, 6) is -0.879. The molecule has 0 saturated carbocycles. The van der Waals surface area contributed by atoms with Crippen LogP contribution in [0.2, 0.25) is 5.02 Å². The molecule has 1 atom stereocenters. The number of aliphatic imine (C=N–C) groups is 1. The third-order valence-corrected chi connectivity index (χ3v) is 3.91. The van der Waals surface area contributed by atoms with E-state index in [1.54, 1.807) is 29.2 Å². The van der Waals surface area contributed by atoms with Gasteiger partial charge in [0.05, 0.1) is 6.54 Å². The fourth-order valence-electron chi connectivity index (χ4n) is 2.53. The third kappa shape index (κ3) is 3.21. The molecule has 6 heteroatoms. The molecule has 0 radical (unpaired) electrons. The van der Waals surface area contributed by atoms with E-state index in [0.717, 1.165) is 5.56 Å². The van der Waals surface area contributed by atoms with Crippen molar-refractivity contribution in [1.29, 1.82) is 0 Å². The zero-order valence-corrected chi connectivity index (χ0v) is 12.9. The van der Waals surface area contributed by atoms with Crippen molar-refractivity contribution in [3.63, 3.8) is 0 Å². The molecule has 0 aliphatic carbocycles. The van der Waals surface area contributed by atoms with Crippen LogP contribution in [0, 0.1) is 0 Å². The number of β-amino-alcohol motifs (C(OH)–C–C–N with tert-alkyl or cyclic N) is 1. The van der Waals surface area contributed by atoms with Crippen LogP contribution >= 0.6 is 11.6 Å². The predicted octanol–water partition coefficient (Wildman–Crippen LogP) is 2.57. The number of carbonyl (C=O) groups is 1. The summed E-state index contributed by atoms with van der Waals surface area (Å²) in [5, 5.41) is 20.1. The first-order valence-corrected chi connectivity index (χ1v) is 7.47.